The van der Waals surface area contributed by atoms with Gasteiger partial charge < -0.3 is 0 Å². The predicted octanol–water partition coefficient (Wildman–Crippen LogP) is 2.71. The van der Waals surface area contributed by atoms with Crippen molar-refractivity contribution in [2.45, 2.75) is 36.9 Å². The molecular formula is C7H11Br. The van der Waals surface area contributed by atoms with Crippen molar-refractivity contribution < 1.29 is 0 Å². The van der Waals surface area contributed by atoms with Gasteiger partial charge in [0.15, 0.2) is 0 Å². The maximum absolute atomic E-state index is 3.61. The molecule has 0 aromatic carbocycles. The highest BCUT2D eigenvalue weighted by Crippen LogP contribution is 2.57. The minimum atomic E-state index is 0.869. The van der Waals surface area contributed by atoms with Crippen LogP contribution < -0.4 is 0 Å². The average Bonchev–Trinajstić information content (AvgIpc) is 1.51. The van der Waals surface area contributed by atoms with E-state index in [1.165, 1.54) is 32.1 Å². The van der Waals surface area contributed by atoms with Gasteiger partial charge in [0.05, 0.1) is 0 Å². The van der Waals surface area contributed by atoms with Crippen LogP contribution in [0.2, 0.25) is 0 Å². The minimum absolute atomic E-state index is 0.869. The minimum Gasteiger partial charge on any atom is -0.0890 e. The molecule has 0 atom stereocenters. The molecule has 2 aliphatic rings. The highest BCUT2D eigenvalue weighted by Gasteiger charge is 2.46. The molecule has 0 aromatic rings. The number of hydrogen-bond donors (Lipinski definition) is 0. The van der Waals surface area contributed by atoms with Gasteiger partial charge in [-0.3, -0.25) is 0 Å². The quantitative estimate of drug-likeness (QED) is 0.496. The maximum atomic E-state index is 3.61. The standard InChI is InChI=1S/C7H11Br/c8-6-4-7(5-6)2-1-3-7/h6H,1-5H2. The summed E-state index contributed by atoms with van der Waals surface area (Å²) in [6, 6.07) is 0. The largest absolute Gasteiger partial charge is 0.0890 e. The lowest BCUT2D eigenvalue weighted by atomic mass is 9.56. The molecule has 0 N–H and O–H groups in total. The number of hydrogen-bond acceptors (Lipinski definition) is 0. The molecule has 2 aliphatic carbocycles. The second kappa shape index (κ2) is 1.50. The molecule has 0 radical (unpaired) electrons. The lowest BCUT2D eigenvalue weighted by Crippen LogP contribution is -2.42. The third kappa shape index (κ3) is 0.570. The Balaban J connectivity index is 1.92. The van der Waals surface area contributed by atoms with E-state index in [2.05, 4.69) is 15.9 Å². The fourth-order valence-electron chi connectivity index (χ4n) is 1.96. The summed E-state index contributed by atoms with van der Waals surface area (Å²) in [6.07, 6.45) is 7.48. The number of halogens is 1. The summed E-state index contributed by atoms with van der Waals surface area (Å²) in [4.78, 5) is 0.878. The molecule has 0 aromatic heterocycles. The van der Waals surface area contributed by atoms with Crippen molar-refractivity contribution in [3.05, 3.63) is 0 Å². The van der Waals surface area contributed by atoms with E-state index in [4.69, 9.17) is 0 Å². The third-order valence-electron chi connectivity index (χ3n) is 2.72. The van der Waals surface area contributed by atoms with Gasteiger partial charge in [0.25, 0.3) is 0 Å². The second-order valence-corrected chi connectivity index (χ2v) is 4.65. The van der Waals surface area contributed by atoms with Crippen molar-refractivity contribution in [2.24, 2.45) is 5.41 Å². The van der Waals surface area contributed by atoms with Crippen LogP contribution in [0.15, 0.2) is 0 Å². The van der Waals surface area contributed by atoms with E-state index in [1.54, 1.807) is 0 Å². The Morgan fingerprint density at radius 2 is 1.88 bits per heavy atom. The van der Waals surface area contributed by atoms with Gasteiger partial charge in [-0.05, 0) is 31.1 Å². The Hall–Kier alpha value is 0.480. The van der Waals surface area contributed by atoms with E-state index in [0.717, 1.165) is 10.2 Å². The lowest BCUT2D eigenvalue weighted by Gasteiger charge is -2.52. The van der Waals surface area contributed by atoms with Crippen LogP contribution in [0.25, 0.3) is 0 Å². The van der Waals surface area contributed by atoms with Crippen LogP contribution in [0.3, 0.4) is 0 Å². The van der Waals surface area contributed by atoms with Gasteiger partial charge in [-0.2, -0.15) is 0 Å². The Kier molecular flexibility index (Phi) is 0.989. The summed E-state index contributed by atoms with van der Waals surface area (Å²) >= 11 is 3.61. The van der Waals surface area contributed by atoms with Crippen LogP contribution >= 0.6 is 15.9 Å². The smallest absolute Gasteiger partial charge is 0.0156 e. The summed E-state index contributed by atoms with van der Waals surface area (Å²) in [7, 11) is 0. The summed E-state index contributed by atoms with van der Waals surface area (Å²) in [5.41, 5.74) is 0.869. The molecule has 0 aliphatic heterocycles. The van der Waals surface area contributed by atoms with Crippen LogP contribution in [0.4, 0.5) is 0 Å². The Bertz CT molecular complexity index is 97.0. The number of alkyl halides is 1. The molecular weight excluding hydrogens is 164 g/mol. The van der Waals surface area contributed by atoms with Crippen molar-refractivity contribution in [2.75, 3.05) is 0 Å². The molecule has 8 heavy (non-hydrogen) atoms. The van der Waals surface area contributed by atoms with E-state index >= 15 is 0 Å². The molecule has 0 heterocycles. The summed E-state index contributed by atoms with van der Waals surface area (Å²) < 4.78 is 0. The Morgan fingerprint density at radius 3 is 2.00 bits per heavy atom. The van der Waals surface area contributed by atoms with E-state index in [0.29, 0.717) is 0 Å². The van der Waals surface area contributed by atoms with Crippen molar-refractivity contribution in [1.82, 2.24) is 0 Å². The van der Waals surface area contributed by atoms with E-state index < -0.39 is 0 Å². The van der Waals surface area contributed by atoms with Gasteiger partial charge >= 0.3 is 0 Å². The van der Waals surface area contributed by atoms with Crippen molar-refractivity contribution in [3.63, 3.8) is 0 Å². The first-order valence-corrected chi connectivity index (χ1v) is 4.36. The van der Waals surface area contributed by atoms with E-state index in [-0.39, 0.29) is 0 Å². The molecule has 0 unspecified atom stereocenters. The van der Waals surface area contributed by atoms with E-state index in [1.807, 2.05) is 0 Å². The zero-order valence-electron chi connectivity index (χ0n) is 4.99. The summed E-state index contributed by atoms with van der Waals surface area (Å²) in [5, 5.41) is 0. The molecule has 2 fully saturated rings. The fraction of sp³-hybridized carbons (Fsp3) is 1.00. The molecule has 0 nitrogen and oxygen atoms in total. The zero-order chi connectivity index (χ0) is 5.61. The predicted molar refractivity (Wildman–Crippen MR) is 38.2 cm³/mol. The van der Waals surface area contributed by atoms with Gasteiger partial charge in [0, 0.05) is 4.83 Å². The van der Waals surface area contributed by atoms with Crippen LogP contribution in [-0.2, 0) is 0 Å². The normalized spacial score (nSPS) is 34.1. The average molecular weight is 175 g/mol. The third-order valence-corrected chi connectivity index (χ3v) is 3.37. The summed E-state index contributed by atoms with van der Waals surface area (Å²) in [6.45, 7) is 0. The first kappa shape index (κ1) is 5.28. The van der Waals surface area contributed by atoms with Crippen LogP contribution in [-0.4, -0.2) is 4.83 Å². The molecule has 0 saturated heterocycles. The van der Waals surface area contributed by atoms with E-state index in [9.17, 15) is 0 Å². The molecule has 0 amide bonds. The van der Waals surface area contributed by atoms with Crippen LogP contribution in [0.1, 0.15) is 32.1 Å². The zero-order valence-corrected chi connectivity index (χ0v) is 6.58. The van der Waals surface area contributed by atoms with Gasteiger partial charge in [-0.1, -0.05) is 22.4 Å². The molecule has 46 valence electrons. The van der Waals surface area contributed by atoms with Gasteiger partial charge in [0.2, 0.25) is 0 Å². The lowest BCUT2D eigenvalue weighted by molar-refractivity contribution is 0.0403. The molecule has 0 bridgehead atoms. The molecule has 2 rings (SSSR count). The topological polar surface area (TPSA) is 0 Å². The summed E-state index contributed by atoms with van der Waals surface area (Å²) in [5.74, 6) is 0. The van der Waals surface area contributed by atoms with Crippen LogP contribution in [0, 0.1) is 5.41 Å². The first-order chi connectivity index (χ1) is 3.81. The number of rotatable bonds is 0. The van der Waals surface area contributed by atoms with Crippen molar-refractivity contribution in [3.8, 4) is 0 Å². The SMILES string of the molecule is BrC1CC2(CCC2)C1. The van der Waals surface area contributed by atoms with Gasteiger partial charge in [-0.15, -0.1) is 0 Å². The maximum Gasteiger partial charge on any atom is 0.0156 e. The highest BCUT2D eigenvalue weighted by atomic mass is 79.9. The van der Waals surface area contributed by atoms with Crippen LogP contribution in [0.5, 0.6) is 0 Å². The van der Waals surface area contributed by atoms with Crippen molar-refractivity contribution in [1.29, 1.82) is 0 Å². The Labute approximate surface area is 58.8 Å². The second-order valence-electron chi connectivity index (χ2n) is 3.36. The molecule has 1 heteroatoms. The Morgan fingerprint density at radius 1 is 1.25 bits per heavy atom. The van der Waals surface area contributed by atoms with Gasteiger partial charge in [0.1, 0.15) is 0 Å². The first-order valence-electron chi connectivity index (χ1n) is 3.45. The monoisotopic (exact) mass is 174 g/mol. The molecule has 2 saturated carbocycles. The highest BCUT2D eigenvalue weighted by molar-refractivity contribution is 9.09. The van der Waals surface area contributed by atoms with Crippen molar-refractivity contribution >= 4 is 15.9 Å². The fourth-order valence-corrected chi connectivity index (χ4v) is 3.34. The van der Waals surface area contributed by atoms with Gasteiger partial charge in [-0.25, -0.2) is 0 Å². The molecule has 1 spiro atoms.